The molecule has 0 bridgehead atoms. The first-order chi connectivity index (χ1) is 8.06. The Kier molecular flexibility index (Phi) is 3.29. The van der Waals surface area contributed by atoms with Gasteiger partial charge in [-0.3, -0.25) is 0 Å². The smallest absolute Gasteiger partial charge is 0.224 e. The minimum Gasteiger partial charge on any atom is -0.340 e. The third-order valence-electron chi connectivity index (χ3n) is 2.59. The topological polar surface area (TPSA) is 37.8 Å². The summed E-state index contributed by atoms with van der Waals surface area (Å²) in [5.74, 6) is 0.749. The van der Waals surface area contributed by atoms with Gasteiger partial charge in [0, 0.05) is 17.4 Å². The summed E-state index contributed by atoms with van der Waals surface area (Å²) in [5.41, 5.74) is 4.39. The van der Waals surface area contributed by atoms with Crippen molar-refractivity contribution in [3.8, 4) is 0 Å². The van der Waals surface area contributed by atoms with Crippen molar-refractivity contribution in [2.24, 2.45) is 0 Å². The zero-order valence-corrected chi connectivity index (χ0v) is 10.8. The van der Waals surface area contributed by atoms with Gasteiger partial charge in [0.2, 0.25) is 5.28 Å². The highest BCUT2D eigenvalue weighted by molar-refractivity contribution is 6.28. The van der Waals surface area contributed by atoms with Crippen molar-refractivity contribution in [1.29, 1.82) is 0 Å². The van der Waals surface area contributed by atoms with Crippen LogP contribution in [0.4, 0.5) is 11.5 Å². The molecule has 1 aromatic carbocycles. The molecular weight excluding hydrogens is 234 g/mol. The predicted octanol–water partition coefficient (Wildman–Crippen LogP) is 3.80. The molecule has 0 radical (unpaired) electrons. The van der Waals surface area contributed by atoms with Crippen molar-refractivity contribution in [2.75, 3.05) is 5.32 Å². The number of anilines is 2. The zero-order chi connectivity index (χ0) is 12.4. The molecule has 0 amide bonds. The van der Waals surface area contributed by atoms with E-state index in [9.17, 15) is 0 Å². The number of rotatable bonds is 2. The lowest BCUT2D eigenvalue weighted by Crippen LogP contribution is -1.99. The van der Waals surface area contributed by atoms with Crippen LogP contribution in [0.1, 0.15) is 16.7 Å². The second-order valence-electron chi connectivity index (χ2n) is 4.11. The standard InChI is InChI=1S/C13H14ClN3/c1-8-4-5-9(2)11(6-8)16-12-10(3)7-15-13(14)17-12/h4-7H,1-3H3,(H,15,16,17). The van der Waals surface area contributed by atoms with E-state index in [0.29, 0.717) is 0 Å². The Hall–Kier alpha value is -1.61. The van der Waals surface area contributed by atoms with Crippen LogP contribution in [0.25, 0.3) is 0 Å². The van der Waals surface area contributed by atoms with Gasteiger partial charge in [-0.1, -0.05) is 12.1 Å². The summed E-state index contributed by atoms with van der Waals surface area (Å²) in [7, 11) is 0. The van der Waals surface area contributed by atoms with Crippen LogP contribution >= 0.6 is 11.6 Å². The molecule has 2 rings (SSSR count). The summed E-state index contributed by atoms with van der Waals surface area (Å²) >= 11 is 5.79. The van der Waals surface area contributed by atoms with Gasteiger partial charge in [-0.25, -0.2) is 9.97 Å². The molecule has 0 aliphatic rings. The highest BCUT2D eigenvalue weighted by Crippen LogP contribution is 2.23. The van der Waals surface area contributed by atoms with Crippen molar-refractivity contribution in [3.05, 3.63) is 46.4 Å². The monoisotopic (exact) mass is 247 g/mol. The first-order valence-corrected chi connectivity index (χ1v) is 5.77. The largest absolute Gasteiger partial charge is 0.340 e. The van der Waals surface area contributed by atoms with E-state index >= 15 is 0 Å². The first kappa shape index (κ1) is 11.9. The van der Waals surface area contributed by atoms with E-state index in [0.717, 1.165) is 17.1 Å². The van der Waals surface area contributed by atoms with Gasteiger partial charge in [0.1, 0.15) is 5.82 Å². The van der Waals surface area contributed by atoms with Crippen LogP contribution in [0.2, 0.25) is 5.28 Å². The van der Waals surface area contributed by atoms with E-state index in [-0.39, 0.29) is 5.28 Å². The van der Waals surface area contributed by atoms with Gasteiger partial charge in [0.25, 0.3) is 0 Å². The van der Waals surface area contributed by atoms with Gasteiger partial charge in [-0.15, -0.1) is 0 Å². The molecule has 1 heterocycles. The van der Waals surface area contributed by atoms with Crippen molar-refractivity contribution in [1.82, 2.24) is 9.97 Å². The quantitative estimate of drug-likeness (QED) is 0.821. The van der Waals surface area contributed by atoms with Crippen molar-refractivity contribution in [2.45, 2.75) is 20.8 Å². The molecule has 88 valence electrons. The lowest BCUT2D eigenvalue weighted by Gasteiger charge is -2.11. The second kappa shape index (κ2) is 4.72. The van der Waals surface area contributed by atoms with Crippen LogP contribution in [0, 0.1) is 20.8 Å². The summed E-state index contributed by atoms with van der Waals surface area (Å²) in [4.78, 5) is 8.12. The van der Waals surface area contributed by atoms with Gasteiger partial charge in [0.05, 0.1) is 0 Å². The molecular formula is C13H14ClN3. The van der Waals surface area contributed by atoms with Crippen LogP contribution in [0.15, 0.2) is 24.4 Å². The number of halogens is 1. The fraction of sp³-hybridized carbons (Fsp3) is 0.231. The Morgan fingerprint density at radius 3 is 2.65 bits per heavy atom. The lowest BCUT2D eigenvalue weighted by molar-refractivity contribution is 1.13. The Bertz CT molecular complexity index is 503. The molecule has 0 atom stereocenters. The molecule has 17 heavy (non-hydrogen) atoms. The number of aromatic nitrogens is 2. The molecule has 0 saturated carbocycles. The van der Waals surface area contributed by atoms with Gasteiger partial charge in [-0.05, 0) is 49.6 Å². The first-order valence-electron chi connectivity index (χ1n) is 5.39. The molecule has 0 spiro atoms. The van der Waals surface area contributed by atoms with Gasteiger partial charge >= 0.3 is 0 Å². The Balaban J connectivity index is 2.37. The molecule has 0 unspecified atom stereocenters. The SMILES string of the molecule is Cc1ccc(C)c(Nc2nc(Cl)ncc2C)c1. The second-order valence-corrected chi connectivity index (χ2v) is 4.45. The fourth-order valence-electron chi connectivity index (χ4n) is 1.55. The summed E-state index contributed by atoms with van der Waals surface area (Å²) in [5, 5.41) is 3.54. The highest BCUT2D eigenvalue weighted by atomic mass is 35.5. The maximum Gasteiger partial charge on any atom is 0.224 e. The normalized spacial score (nSPS) is 10.4. The van der Waals surface area contributed by atoms with E-state index in [1.54, 1.807) is 6.20 Å². The number of hydrogen-bond acceptors (Lipinski definition) is 3. The van der Waals surface area contributed by atoms with Crippen molar-refractivity contribution < 1.29 is 0 Å². The van der Waals surface area contributed by atoms with Crippen molar-refractivity contribution in [3.63, 3.8) is 0 Å². The zero-order valence-electron chi connectivity index (χ0n) is 10.1. The maximum atomic E-state index is 5.79. The number of nitrogens with zero attached hydrogens (tertiary/aromatic N) is 2. The molecule has 0 fully saturated rings. The molecule has 4 heteroatoms. The fourth-order valence-corrected chi connectivity index (χ4v) is 1.68. The Morgan fingerprint density at radius 2 is 1.88 bits per heavy atom. The van der Waals surface area contributed by atoms with E-state index < -0.39 is 0 Å². The number of nitrogens with one attached hydrogen (secondary N) is 1. The van der Waals surface area contributed by atoms with E-state index in [1.165, 1.54) is 11.1 Å². The highest BCUT2D eigenvalue weighted by Gasteiger charge is 2.05. The van der Waals surface area contributed by atoms with Gasteiger partial charge in [0.15, 0.2) is 0 Å². The molecule has 0 aliphatic carbocycles. The Labute approximate surface area is 106 Å². The Morgan fingerprint density at radius 1 is 1.12 bits per heavy atom. The van der Waals surface area contributed by atoms with E-state index in [2.05, 4.69) is 47.3 Å². The van der Waals surface area contributed by atoms with Crippen LogP contribution in [0.5, 0.6) is 0 Å². The van der Waals surface area contributed by atoms with E-state index in [4.69, 9.17) is 11.6 Å². The van der Waals surface area contributed by atoms with Crippen LogP contribution in [-0.2, 0) is 0 Å². The van der Waals surface area contributed by atoms with Crippen LogP contribution in [-0.4, -0.2) is 9.97 Å². The average molecular weight is 248 g/mol. The minimum absolute atomic E-state index is 0.253. The maximum absolute atomic E-state index is 5.79. The molecule has 0 aliphatic heterocycles. The van der Waals surface area contributed by atoms with Crippen LogP contribution in [0.3, 0.4) is 0 Å². The third kappa shape index (κ3) is 2.74. The molecule has 1 N–H and O–H groups in total. The van der Waals surface area contributed by atoms with Crippen LogP contribution < -0.4 is 5.32 Å². The summed E-state index contributed by atoms with van der Waals surface area (Å²) in [6.07, 6.45) is 1.71. The minimum atomic E-state index is 0.253. The summed E-state index contributed by atoms with van der Waals surface area (Å²) in [6, 6.07) is 6.25. The van der Waals surface area contributed by atoms with E-state index in [1.807, 2.05) is 6.92 Å². The third-order valence-corrected chi connectivity index (χ3v) is 2.77. The number of hydrogen-bond donors (Lipinski definition) is 1. The summed E-state index contributed by atoms with van der Waals surface area (Å²) in [6.45, 7) is 6.06. The molecule has 2 aromatic rings. The lowest BCUT2D eigenvalue weighted by atomic mass is 10.1. The number of benzene rings is 1. The number of aryl methyl sites for hydroxylation is 3. The van der Waals surface area contributed by atoms with Gasteiger partial charge in [-0.2, -0.15) is 0 Å². The summed E-state index contributed by atoms with van der Waals surface area (Å²) < 4.78 is 0. The van der Waals surface area contributed by atoms with Gasteiger partial charge < -0.3 is 5.32 Å². The molecule has 3 nitrogen and oxygen atoms in total. The predicted molar refractivity (Wildman–Crippen MR) is 71.0 cm³/mol. The molecule has 0 saturated heterocycles. The van der Waals surface area contributed by atoms with Crippen molar-refractivity contribution >= 4 is 23.1 Å². The molecule has 1 aromatic heterocycles. The average Bonchev–Trinajstić information content (AvgIpc) is 2.28.